The Morgan fingerprint density at radius 2 is 1.94 bits per heavy atom. The lowest BCUT2D eigenvalue weighted by molar-refractivity contribution is -0.185. The van der Waals surface area contributed by atoms with Crippen LogP contribution < -0.4 is 0 Å². The highest BCUT2D eigenvalue weighted by Gasteiger charge is 2.50. The molecule has 100 valence electrons. The molecule has 1 aliphatic carbocycles. The van der Waals surface area contributed by atoms with Crippen molar-refractivity contribution in [3.63, 3.8) is 0 Å². The summed E-state index contributed by atoms with van der Waals surface area (Å²) in [6.45, 7) is 6.67. The summed E-state index contributed by atoms with van der Waals surface area (Å²) in [6.07, 6.45) is 2.94. The molecule has 0 saturated heterocycles. The van der Waals surface area contributed by atoms with E-state index >= 15 is 0 Å². The first-order valence-corrected chi connectivity index (χ1v) is 6.59. The van der Waals surface area contributed by atoms with Crippen molar-refractivity contribution in [2.45, 2.75) is 58.2 Å². The highest BCUT2D eigenvalue weighted by Crippen LogP contribution is 2.41. The van der Waals surface area contributed by atoms with Gasteiger partial charge in [0.2, 0.25) is 0 Å². The lowest BCUT2D eigenvalue weighted by Crippen LogP contribution is -2.53. The number of carbonyl (C=O) groups excluding carboxylic acids is 1. The molecule has 1 saturated carbocycles. The van der Waals surface area contributed by atoms with Crippen molar-refractivity contribution in [1.29, 1.82) is 0 Å². The van der Waals surface area contributed by atoms with Crippen LogP contribution in [0.1, 0.15) is 46.5 Å². The van der Waals surface area contributed by atoms with E-state index in [0.29, 0.717) is 19.6 Å². The molecule has 0 amide bonds. The van der Waals surface area contributed by atoms with E-state index in [0.717, 1.165) is 19.3 Å². The number of ether oxygens (including phenoxy) is 2. The second kappa shape index (κ2) is 6.36. The van der Waals surface area contributed by atoms with Crippen molar-refractivity contribution in [3.8, 4) is 0 Å². The molecular weight excluding hydrogens is 220 g/mol. The normalized spacial score (nSPS) is 27.1. The molecule has 0 bridgehead atoms. The van der Waals surface area contributed by atoms with Gasteiger partial charge >= 0.3 is 5.97 Å². The van der Waals surface area contributed by atoms with Crippen molar-refractivity contribution in [1.82, 2.24) is 0 Å². The fourth-order valence-electron chi connectivity index (χ4n) is 2.44. The average molecular weight is 244 g/mol. The third kappa shape index (κ3) is 3.19. The Balaban J connectivity index is 2.57. The molecule has 1 unspecified atom stereocenters. The highest BCUT2D eigenvalue weighted by atomic mass is 16.5. The predicted octanol–water partition coefficient (Wildman–Crippen LogP) is 1.90. The molecule has 4 heteroatoms. The molecule has 0 radical (unpaired) electrons. The van der Waals surface area contributed by atoms with Crippen molar-refractivity contribution in [3.05, 3.63) is 0 Å². The fourth-order valence-corrected chi connectivity index (χ4v) is 2.44. The molecule has 0 spiro atoms. The van der Waals surface area contributed by atoms with Gasteiger partial charge in [0.15, 0.2) is 5.60 Å². The van der Waals surface area contributed by atoms with Crippen LogP contribution in [0, 0.1) is 5.92 Å². The summed E-state index contributed by atoms with van der Waals surface area (Å²) in [5, 5.41) is 10.5. The maximum Gasteiger partial charge on any atom is 0.338 e. The number of aliphatic hydroxyl groups is 1. The Morgan fingerprint density at radius 1 is 1.29 bits per heavy atom. The topological polar surface area (TPSA) is 55.8 Å². The van der Waals surface area contributed by atoms with E-state index in [1.165, 1.54) is 0 Å². The number of rotatable bonds is 7. The van der Waals surface area contributed by atoms with Gasteiger partial charge < -0.3 is 14.6 Å². The number of hydrogen-bond acceptors (Lipinski definition) is 4. The van der Waals surface area contributed by atoms with Crippen LogP contribution in [0.15, 0.2) is 0 Å². The largest absolute Gasteiger partial charge is 0.464 e. The van der Waals surface area contributed by atoms with Gasteiger partial charge in [0.1, 0.15) is 0 Å². The fraction of sp³-hybridized carbons (Fsp3) is 0.923. The number of carbonyl (C=O) groups is 1. The average Bonchev–Trinajstić information content (AvgIpc) is 2.23. The van der Waals surface area contributed by atoms with Crippen molar-refractivity contribution < 1.29 is 19.4 Å². The van der Waals surface area contributed by atoms with Gasteiger partial charge in [0.25, 0.3) is 0 Å². The Morgan fingerprint density at radius 3 is 2.41 bits per heavy atom. The lowest BCUT2D eigenvalue weighted by atomic mass is 9.69. The monoisotopic (exact) mass is 244 g/mol. The van der Waals surface area contributed by atoms with Crippen LogP contribution >= 0.6 is 0 Å². The second-order valence-electron chi connectivity index (χ2n) is 4.64. The minimum absolute atomic E-state index is 0.0157. The number of hydrogen-bond donors (Lipinski definition) is 1. The van der Waals surface area contributed by atoms with Crippen molar-refractivity contribution in [2.24, 2.45) is 5.92 Å². The SMILES string of the molecule is CCCC(O)(C(=O)OCC)C1CC(OCC)C1. The molecule has 0 aromatic carbocycles. The van der Waals surface area contributed by atoms with Crippen LogP contribution in [0.3, 0.4) is 0 Å². The Kier molecular flexibility index (Phi) is 5.40. The molecule has 1 aliphatic rings. The zero-order valence-electron chi connectivity index (χ0n) is 11.1. The van der Waals surface area contributed by atoms with E-state index in [1.807, 2.05) is 13.8 Å². The zero-order chi connectivity index (χ0) is 12.9. The summed E-state index contributed by atoms with van der Waals surface area (Å²) < 4.78 is 10.4. The van der Waals surface area contributed by atoms with Crippen LogP contribution in [0.2, 0.25) is 0 Å². The third-order valence-corrected chi connectivity index (χ3v) is 3.43. The van der Waals surface area contributed by atoms with E-state index in [2.05, 4.69) is 0 Å². The molecule has 0 heterocycles. The summed E-state index contributed by atoms with van der Waals surface area (Å²) in [6, 6.07) is 0. The first-order valence-electron chi connectivity index (χ1n) is 6.59. The zero-order valence-corrected chi connectivity index (χ0v) is 11.1. The Hall–Kier alpha value is -0.610. The van der Waals surface area contributed by atoms with Gasteiger partial charge in [-0.05, 0) is 33.1 Å². The minimum Gasteiger partial charge on any atom is -0.464 e. The molecule has 1 rings (SSSR count). The van der Waals surface area contributed by atoms with E-state index in [9.17, 15) is 9.90 Å². The Labute approximate surface area is 103 Å². The van der Waals surface area contributed by atoms with Crippen LogP contribution in [0.25, 0.3) is 0 Å². The maximum atomic E-state index is 11.8. The van der Waals surface area contributed by atoms with Crippen LogP contribution in [-0.2, 0) is 14.3 Å². The van der Waals surface area contributed by atoms with Gasteiger partial charge in [-0.15, -0.1) is 0 Å². The molecule has 0 aromatic rings. The lowest BCUT2D eigenvalue weighted by Gasteiger charge is -2.43. The first-order chi connectivity index (χ1) is 8.08. The van der Waals surface area contributed by atoms with Crippen LogP contribution in [0.4, 0.5) is 0 Å². The third-order valence-electron chi connectivity index (χ3n) is 3.43. The minimum atomic E-state index is -1.31. The van der Waals surface area contributed by atoms with E-state index in [1.54, 1.807) is 6.92 Å². The Bertz CT molecular complexity index is 248. The second-order valence-corrected chi connectivity index (χ2v) is 4.64. The van der Waals surface area contributed by atoms with Crippen LogP contribution in [0.5, 0.6) is 0 Å². The summed E-state index contributed by atoms with van der Waals surface area (Å²) >= 11 is 0. The maximum absolute atomic E-state index is 11.8. The van der Waals surface area contributed by atoms with Gasteiger partial charge in [-0.3, -0.25) is 0 Å². The van der Waals surface area contributed by atoms with Crippen molar-refractivity contribution >= 4 is 5.97 Å². The molecule has 17 heavy (non-hydrogen) atoms. The highest BCUT2D eigenvalue weighted by molar-refractivity contribution is 5.79. The van der Waals surface area contributed by atoms with Gasteiger partial charge in [-0.1, -0.05) is 13.3 Å². The molecule has 1 atom stereocenters. The van der Waals surface area contributed by atoms with E-state index in [-0.39, 0.29) is 12.0 Å². The van der Waals surface area contributed by atoms with Gasteiger partial charge in [-0.25, -0.2) is 4.79 Å². The molecule has 1 N–H and O–H groups in total. The molecule has 4 nitrogen and oxygen atoms in total. The number of esters is 1. The van der Waals surface area contributed by atoms with Gasteiger partial charge in [0.05, 0.1) is 12.7 Å². The molecule has 0 aliphatic heterocycles. The quantitative estimate of drug-likeness (QED) is 0.695. The standard InChI is InChI=1S/C13H24O4/c1-4-7-13(15,12(14)17-6-3)10-8-11(9-10)16-5-2/h10-11,15H,4-9H2,1-3H3. The summed E-state index contributed by atoms with van der Waals surface area (Å²) in [5.74, 6) is -0.486. The van der Waals surface area contributed by atoms with Gasteiger partial charge in [0, 0.05) is 12.5 Å². The molecule has 0 aromatic heterocycles. The molecule has 1 fully saturated rings. The predicted molar refractivity (Wildman–Crippen MR) is 64.6 cm³/mol. The smallest absolute Gasteiger partial charge is 0.338 e. The van der Waals surface area contributed by atoms with Crippen molar-refractivity contribution in [2.75, 3.05) is 13.2 Å². The summed E-state index contributed by atoms with van der Waals surface area (Å²) in [5.41, 5.74) is -1.31. The summed E-state index contributed by atoms with van der Waals surface area (Å²) in [4.78, 5) is 11.8. The summed E-state index contributed by atoms with van der Waals surface area (Å²) in [7, 11) is 0. The van der Waals surface area contributed by atoms with Gasteiger partial charge in [-0.2, -0.15) is 0 Å². The van der Waals surface area contributed by atoms with Crippen LogP contribution in [-0.4, -0.2) is 36.0 Å². The first kappa shape index (κ1) is 14.5. The van der Waals surface area contributed by atoms with E-state index < -0.39 is 11.6 Å². The molecular formula is C13H24O4. The van der Waals surface area contributed by atoms with E-state index in [4.69, 9.17) is 9.47 Å².